The number of amides is 1. The highest BCUT2D eigenvalue weighted by atomic mass is 79.9. The van der Waals surface area contributed by atoms with Crippen LogP contribution in [0.5, 0.6) is 0 Å². The van der Waals surface area contributed by atoms with Crippen molar-refractivity contribution >= 4 is 56.5 Å². The number of carbonyl (C=O) groups is 1. The van der Waals surface area contributed by atoms with E-state index in [0.717, 1.165) is 4.47 Å². The van der Waals surface area contributed by atoms with Gasteiger partial charge in [0.1, 0.15) is 5.82 Å². The quantitative estimate of drug-likeness (QED) is 0.788. The van der Waals surface area contributed by atoms with Crippen molar-refractivity contribution in [2.75, 3.05) is 17.2 Å². The van der Waals surface area contributed by atoms with Gasteiger partial charge >= 0.3 is 0 Å². The Morgan fingerprint density at radius 2 is 2.05 bits per heavy atom. The number of nitrogens with zero attached hydrogens (tertiary/aromatic N) is 1. The lowest BCUT2D eigenvalue weighted by Gasteiger charge is -2.10. The average molecular weight is 389 g/mol. The molecule has 1 heterocycles. The molecule has 0 saturated carbocycles. The number of anilines is 2. The van der Waals surface area contributed by atoms with Crippen LogP contribution < -0.4 is 10.6 Å². The van der Waals surface area contributed by atoms with Crippen LogP contribution in [0.2, 0.25) is 10.0 Å². The molecule has 110 valence electrons. The molecule has 0 saturated heterocycles. The smallest absolute Gasteiger partial charge is 0.257 e. The van der Waals surface area contributed by atoms with Gasteiger partial charge in [-0.1, -0.05) is 39.1 Å². The third-order valence-corrected chi connectivity index (χ3v) is 3.74. The molecule has 0 atom stereocenters. The molecule has 0 bridgehead atoms. The fraction of sp³-hybridized carbons (Fsp3) is 0.143. The Morgan fingerprint density at radius 1 is 1.29 bits per heavy atom. The highest BCUT2D eigenvalue weighted by Crippen LogP contribution is 2.27. The number of benzene rings is 1. The van der Waals surface area contributed by atoms with Crippen molar-refractivity contribution in [2.45, 2.75) is 6.92 Å². The fourth-order valence-corrected chi connectivity index (χ4v) is 2.58. The van der Waals surface area contributed by atoms with Gasteiger partial charge in [-0.25, -0.2) is 4.98 Å². The van der Waals surface area contributed by atoms with E-state index in [1.807, 2.05) is 6.92 Å². The first-order valence-corrected chi connectivity index (χ1v) is 7.72. The summed E-state index contributed by atoms with van der Waals surface area (Å²) in [6, 6.07) is 6.81. The Kier molecular flexibility index (Phi) is 5.45. The maximum absolute atomic E-state index is 12.3. The monoisotopic (exact) mass is 387 g/mol. The molecule has 0 aliphatic carbocycles. The second-order valence-electron chi connectivity index (χ2n) is 4.16. The number of rotatable bonds is 4. The molecule has 2 N–H and O–H groups in total. The largest absolute Gasteiger partial charge is 0.370 e. The van der Waals surface area contributed by atoms with Crippen LogP contribution in [-0.4, -0.2) is 17.4 Å². The molecular formula is C14H12BrCl2N3O. The molecule has 0 aliphatic heterocycles. The van der Waals surface area contributed by atoms with Crippen molar-refractivity contribution in [3.05, 3.63) is 50.5 Å². The molecule has 0 radical (unpaired) electrons. The molecule has 1 aromatic heterocycles. The van der Waals surface area contributed by atoms with Crippen LogP contribution in [0.25, 0.3) is 0 Å². The molecule has 21 heavy (non-hydrogen) atoms. The number of nitrogens with one attached hydrogen (secondary N) is 2. The molecule has 2 rings (SSSR count). The number of hydrogen-bond acceptors (Lipinski definition) is 3. The third kappa shape index (κ3) is 4.09. The predicted molar refractivity (Wildman–Crippen MR) is 90.5 cm³/mol. The zero-order valence-corrected chi connectivity index (χ0v) is 14.2. The lowest BCUT2D eigenvalue weighted by atomic mass is 10.2. The number of aromatic nitrogens is 1. The van der Waals surface area contributed by atoms with Crippen LogP contribution in [0.15, 0.2) is 34.9 Å². The molecule has 2 aromatic rings. The summed E-state index contributed by atoms with van der Waals surface area (Å²) in [6.07, 6.45) is 1.44. The second kappa shape index (κ2) is 7.11. The number of halogens is 3. The summed E-state index contributed by atoms with van der Waals surface area (Å²) in [5.41, 5.74) is 0.851. The van der Waals surface area contributed by atoms with Crippen LogP contribution in [0, 0.1) is 0 Å². The van der Waals surface area contributed by atoms with Gasteiger partial charge in [-0.3, -0.25) is 4.79 Å². The predicted octanol–water partition coefficient (Wildman–Crippen LogP) is 4.84. The highest BCUT2D eigenvalue weighted by molar-refractivity contribution is 9.10. The highest BCUT2D eigenvalue weighted by Gasteiger charge is 2.13. The Bertz CT molecular complexity index is 679. The van der Waals surface area contributed by atoms with E-state index in [4.69, 9.17) is 23.2 Å². The van der Waals surface area contributed by atoms with Crippen molar-refractivity contribution < 1.29 is 4.79 Å². The summed E-state index contributed by atoms with van der Waals surface area (Å²) in [5.74, 6) is 0.250. The Morgan fingerprint density at radius 3 is 2.71 bits per heavy atom. The van der Waals surface area contributed by atoms with E-state index in [9.17, 15) is 4.79 Å². The molecular weight excluding hydrogens is 377 g/mol. The Balaban J connectivity index is 2.25. The summed E-state index contributed by atoms with van der Waals surface area (Å²) in [7, 11) is 0. The normalized spacial score (nSPS) is 10.3. The zero-order chi connectivity index (χ0) is 15.4. The lowest BCUT2D eigenvalue weighted by Crippen LogP contribution is -2.14. The number of carbonyl (C=O) groups excluding carboxylic acids is 1. The minimum Gasteiger partial charge on any atom is -0.370 e. The van der Waals surface area contributed by atoms with Crippen LogP contribution >= 0.6 is 39.1 Å². The molecule has 1 amide bonds. The van der Waals surface area contributed by atoms with Gasteiger partial charge in [0.05, 0.1) is 21.3 Å². The van der Waals surface area contributed by atoms with Crippen LogP contribution in [0.3, 0.4) is 0 Å². The molecule has 0 unspecified atom stereocenters. The molecule has 0 spiro atoms. The fourth-order valence-electron chi connectivity index (χ4n) is 1.67. The SMILES string of the molecule is CCNc1cc(C(=O)Nc2ccc(Br)cc2Cl)c(Cl)cn1. The van der Waals surface area contributed by atoms with E-state index in [-0.39, 0.29) is 10.9 Å². The van der Waals surface area contributed by atoms with Gasteiger partial charge in [0, 0.05) is 17.2 Å². The van der Waals surface area contributed by atoms with Crippen molar-refractivity contribution in [1.29, 1.82) is 0 Å². The molecule has 7 heteroatoms. The minimum absolute atomic E-state index is 0.280. The van der Waals surface area contributed by atoms with Gasteiger partial charge in [-0.15, -0.1) is 0 Å². The number of hydrogen-bond donors (Lipinski definition) is 2. The van der Waals surface area contributed by atoms with Crippen LogP contribution in [0.4, 0.5) is 11.5 Å². The summed E-state index contributed by atoms with van der Waals surface area (Å²) in [5, 5.41) is 6.48. The van der Waals surface area contributed by atoms with E-state index in [0.29, 0.717) is 28.6 Å². The van der Waals surface area contributed by atoms with Gasteiger partial charge in [0.15, 0.2) is 0 Å². The van der Waals surface area contributed by atoms with E-state index >= 15 is 0 Å². The van der Waals surface area contributed by atoms with Crippen molar-refractivity contribution in [3.8, 4) is 0 Å². The Labute approximate surface area is 141 Å². The van der Waals surface area contributed by atoms with Crippen LogP contribution in [-0.2, 0) is 0 Å². The summed E-state index contributed by atoms with van der Waals surface area (Å²) in [4.78, 5) is 16.4. The van der Waals surface area contributed by atoms with Gasteiger partial charge in [-0.2, -0.15) is 0 Å². The maximum atomic E-state index is 12.3. The summed E-state index contributed by atoms with van der Waals surface area (Å²) >= 11 is 15.4. The maximum Gasteiger partial charge on any atom is 0.257 e. The van der Waals surface area contributed by atoms with Gasteiger partial charge < -0.3 is 10.6 Å². The van der Waals surface area contributed by atoms with E-state index in [1.54, 1.807) is 24.3 Å². The topological polar surface area (TPSA) is 54.0 Å². The molecule has 0 fully saturated rings. The van der Waals surface area contributed by atoms with Crippen molar-refractivity contribution in [3.63, 3.8) is 0 Å². The zero-order valence-electron chi connectivity index (χ0n) is 11.1. The average Bonchev–Trinajstić information content (AvgIpc) is 2.44. The first-order valence-electron chi connectivity index (χ1n) is 6.17. The van der Waals surface area contributed by atoms with Crippen molar-refractivity contribution in [2.24, 2.45) is 0 Å². The van der Waals surface area contributed by atoms with E-state index in [1.165, 1.54) is 6.20 Å². The minimum atomic E-state index is -0.342. The number of pyridine rings is 1. The summed E-state index contributed by atoms with van der Waals surface area (Å²) in [6.45, 7) is 2.64. The summed E-state index contributed by atoms with van der Waals surface area (Å²) < 4.78 is 0.835. The van der Waals surface area contributed by atoms with Crippen molar-refractivity contribution in [1.82, 2.24) is 4.98 Å². The van der Waals surface area contributed by atoms with E-state index < -0.39 is 0 Å². The lowest BCUT2D eigenvalue weighted by molar-refractivity contribution is 0.102. The molecule has 4 nitrogen and oxygen atoms in total. The van der Waals surface area contributed by atoms with Crippen LogP contribution in [0.1, 0.15) is 17.3 Å². The first-order chi connectivity index (χ1) is 10.0. The van der Waals surface area contributed by atoms with Gasteiger partial charge in [0.2, 0.25) is 0 Å². The standard InChI is InChI=1S/C14H12BrCl2N3O/c1-2-18-13-6-9(11(17)7-19-13)14(21)20-12-4-3-8(15)5-10(12)16/h3-7H,2H2,1H3,(H,18,19)(H,20,21). The Hall–Kier alpha value is -1.30. The molecule has 1 aromatic carbocycles. The van der Waals surface area contributed by atoms with E-state index in [2.05, 4.69) is 31.5 Å². The first kappa shape index (κ1) is 16.1. The van der Waals surface area contributed by atoms with Gasteiger partial charge in [-0.05, 0) is 31.2 Å². The molecule has 0 aliphatic rings. The second-order valence-corrected chi connectivity index (χ2v) is 5.89. The van der Waals surface area contributed by atoms with Gasteiger partial charge in [0.25, 0.3) is 5.91 Å². The third-order valence-electron chi connectivity index (χ3n) is 2.64.